The number of piperidine rings is 1. The van der Waals surface area contributed by atoms with Crippen molar-refractivity contribution in [2.24, 2.45) is 10.9 Å². The summed E-state index contributed by atoms with van der Waals surface area (Å²) in [4.78, 5) is 20.7. The molecule has 0 aliphatic carbocycles. The van der Waals surface area contributed by atoms with Gasteiger partial charge in [-0.3, -0.25) is 4.99 Å². The van der Waals surface area contributed by atoms with Crippen LogP contribution >= 0.6 is 0 Å². The minimum absolute atomic E-state index is 0.193. The average molecular weight is 339 g/mol. The fourth-order valence-corrected chi connectivity index (χ4v) is 3.33. The van der Waals surface area contributed by atoms with Gasteiger partial charge in [0.15, 0.2) is 5.96 Å². The molecule has 2 N–H and O–H groups in total. The first-order chi connectivity index (χ1) is 11.6. The van der Waals surface area contributed by atoms with Crippen molar-refractivity contribution in [3.05, 3.63) is 0 Å². The summed E-state index contributed by atoms with van der Waals surface area (Å²) in [6, 6.07) is 0.361. The molecule has 0 aromatic rings. The average Bonchev–Trinajstić information content (AvgIpc) is 2.99. The Hall–Kier alpha value is -1.50. The monoisotopic (exact) mass is 339 g/mol. The molecule has 2 fully saturated rings. The van der Waals surface area contributed by atoms with Crippen LogP contribution in [-0.4, -0.2) is 80.8 Å². The lowest BCUT2D eigenvalue weighted by Crippen LogP contribution is -2.50. The summed E-state index contributed by atoms with van der Waals surface area (Å²) in [6.07, 6.45) is 2.89. The summed E-state index contributed by atoms with van der Waals surface area (Å²) in [5, 5.41) is 6.87. The van der Waals surface area contributed by atoms with Gasteiger partial charge in [-0.1, -0.05) is 0 Å². The van der Waals surface area contributed by atoms with Crippen LogP contribution in [0.25, 0.3) is 0 Å². The van der Waals surface area contributed by atoms with Crippen molar-refractivity contribution in [2.45, 2.75) is 39.2 Å². The van der Waals surface area contributed by atoms with E-state index in [1.807, 2.05) is 6.92 Å². The van der Waals surface area contributed by atoms with Crippen LogP contribution < -0.4 is 10.6 Å². The Morgan fingerprint density at radius 1 is 1.21 bits per heavy atom. The zero-order valence-corrected chi connectivity index (χ0v) is 15.4. The van der Waals surface area contributed by atoms with Crippen molar-refractivity contribution >= 4 is 12.1 Å². The fourth-order valence-electron chi connectivity index (χ4n) is 3.33. The molecule has 0 aromatic carbocycles. The number of amides is 1. The lowest BCUT2D eigenvalue weighted by Gasteiger charge is -2.32. The smallest absolute Gasteiger partial charge is 0.409 e. The summed E-state index contributed by atoms with van der Waals surface area (Å²) in [5.74, 6) is 1.57. The van der Waals surface area contributed by atoms with Crippen LogP contribution in [0.15, 0.2) is 4.99 Å². The normalized spacial score (nSPS) is 23.4. The number of nitrogens with one attached hydrogen (secondary N) is 2. The quantitative estimate of drug-likeness (QED) is 0.580. The third kappa shape index (κ3) is 5.85. The fraction of sp³-hybridized carbons (Fsp3) is 0.882. The van der Waals surface area contributed by atoms with E-state index in [2.05, 4.69) is 29.5 Å². The summed E-state index contributed by atoms with van der Waals surface area (Å²) < 4.78 is 5.07. The van der Waals surface area contributed by atoms with E-state index in [9.17, 15) is 4.79 Å². The molecule has 7 heteroatoms. The lowest BCUT2D eigenvalue weighted by atomic mass is 10.1. The molecule has 0 radical (unpaired) electrons. The van der Waals surface area contributed by atoms with Crippen molar-refractivity contribution in [3.63, 3.8) is 0 Å². The predicted octanol–water partition coefficient (Wildman–Crippen LogP) is 1.11. The molecule has 1 unspecified atom stereocenters. The van der Waals surface area contributed by atoms with Crippen molar-refractivity contribution in [1.29, 1.82) is 0 Å². The molecule has 2 rings (SSSR count). The zero-order valence-electron chi connectivity index (χ0n) is 15.4. The number of nitrogens with zero attached hydrogens (tertiary/aromatic N) is 3. The molecule has 24 heavy (non-hydrogen) atoms. The largest absolute Gasteiger partial charge is 0.450 e. The number of hydrogen-bond acceptors (Lipinski definition) is 4. The van der Waals surface area contributed by atoms with Crippen molar-refractivity contribution < 1.29 is 9.53 Å². The van der Waals surface area contributed by atoms with E-state index in [1.54, 1.807) is 4.90 Å². The van der Waals surface area contributed by atoms with Crippen molar-refractivity contribution in [1.82, 2.24) is 20.4 Å². The first-order valence-electron chi connectivity index (χ1n) is 9.27. The standard InChI is InChI=1S/C17H33N5O2/c1-4-18-16(19-12-14-6-9-21(3)13-14)20-15-7-10-22(11-8-15)17(23)24-5-2/h14-15H,4-13H2,1-3H3,(H2,18,19,20). The van der Waals surface area contributed by atoms with Gasteiger partial charge >= 0.3 is 6.09 Å². The van der Waals surface area contributed by atoms with Gasteiger partial charge in [0.1, 0.15) is 0 Å². The third-order valence-corrected chi connectivity index (χ3v) is 4.70. The van der Waals surface area contributed by atoms with E-state index < -0.39 is 0 Å². The maximum absolute atomic E-state index is 11.7. The van der Waals surface area contributed by atoms with Gasteiger partial charge in [0.05, 0.1) is 6.61 Å². The van der Waals surface area contributed by atoms with Crippen molar-refractivity contribution in [2.75, 3.05) is 52.9 Å². The minimum atomic E-state index is -0.193. The number of aliphatic imine (C=N–C) groups is 1. The molecule has 1 atom stereocenters. The summed E-state index contributed by atoms with van der Waals surface area (Å²) >= 11 is 0. The highest BCUT2D eigenvalue weighted by atomic mass is 16.6. The molecule has 138 valence electrons. The molecule has 0 bridgehead atoms. The molecule has 7 nitrogen and oxygen atoms in total. The zero-order chi connectivity index (χ0) is 17.4. The predicted molar refractivity (Wildman–Crippen MR) is 96.3 cm³/mol. The molecule has 0 aromatic heterocycles. The Labute approximate surface area is 145 Å². The highest BCUT2D eigenvalue weighted by Crippen LogP contribution is 2.15. The van der Waals surface area contributed by atoms with Gasteiger partial charge in [-0.25, -0.2) is 4.79 Å². The molecule has 2 saturated heterocycles. The van der Waals surface area contributed by atoms with E-state index in [-0.39, 0.29) is 6.09 Å². The Balaban J connectivity index is 1.77. The van der Waals surface area contributed by atoms with Crippen LogP contribution in [0.3, 0.4) is 0 Å². The summed E-state index contributed by atoms with van der Waals surface area (Å²) in [5.41, 5.74) is 0. The van der Waals surface area contributed by atoms with Crippen LogP contribution in [0.1, 0.15) is 33.1 Å². The molecular formula is C17H33N5O2. The molecule has 2 aliphatic heterocycles. The van der Waals surface area contributed by atoms with E-state index in [0.29, 0.717) is 18.6 Å². The first-order valence-corrected chi connectivity index (χ1v) is 9.27. The van der Waals surface area contributed by atoms with E-state index >= 15 is 0 Å². The third-order valence-electron chi connectivity index (χ3n) is 4.70. The second-order valence-corrected chi connectivity index (χ2v) is 6.74. The van der Waals surface area contributed by atoms with Crippen LogP contribution in [0.5, 0.6) is 0 Å². The van der Waals surface area contributed by atoms with E-state index in [1.165, 1.54) is 13.0 Å². The van der Waals surface area contributed by atoms with Crippen LogP contribution in [-0.2, 0) is 4.74 Å². The van der Waals surface area contributed by atoms with Gasteiger partial charge in [0.25, 0.3) is 0 Å². The van der Waals surface area contributed by atoms with Gasteiger partial charge in [-0.05, 0) is 52.6 Å². The first kappa shape index (κ1) is 18.8. The lowest BCUT2D eigenvalue weighted by molar-refractivity contribution is 0.0963. The number of hydrogen-bond donors (Lipinski definition) is 2. The highest BCUT2D eigenvalue weighted by Gasteiger charge is 2.24. The minimum Gasteiger partial charge on any atom is -0.450 e. The molecule has 0 spiro atoms. The SMILES string of the molecule is CCNC(=NCC1CCN(C)C1)NC1CCN(C(=O)OCC)CC1. The van der Waals surface area contributed by atoms with Crippen LogP contribution in [0.4, 0.5) is 4.79 Å². The Kier molecular flexibility index (Phi) is 7.62. The summed E-state index contributed by atoms with van der Waals surface area (Å²) in [6.45, 7) is 9.89. The topological polar surface area (TPSA) is 69.2 Å². The van der Waals surface area contributed by atoms with Gasteiger partial charge < -0.3 is 25.2 Å². The van der Waals surface area contributed by atoms with E-state index in [0.717, 1.165) is 51.5 Å². The maximum atomic E-state index is 11.7. The van der Waals surface area contributed by atoms with Crippen LogP contribution in [0, 0.1) is 5.92 Å². The Bertz CT molecular complexity index is 421. The number of carbonyl (C=O) groups is 1. The molecule has 0 saturated carbocycles. The number of ether oxygens (including phenoxy) is 1. The van der Waals surface area contributed by atoms with Gasteiger partial charge in [0.2, 0.25) is 0 Å². The number of likely N-dealkylation sites (tertiary alicyclic amines) is 2. The maximum Gasteiger partial charge on any atom is 0.409 e. The molecule has 2 aliphatic rings. The summed E-state index contributed by atoms with van der Waals surface area (Å²) in [7, 11) is 2.17. The van der Waals surface area contributed by atoms with Crippen LogP contribution in [0.2, 0.25) is 0 Å². The van der Waals surface area contributed by atoms with Gasteiger partial charge in [-0.2, -0.15) is 0 Å². The molecule has 1 amide bonds. The van der Waals surface area contributed by atoms with E-state index in [4.69, 9.17) is 9.73 Å². The highest BCUT2D eigenvalue weighted by molar-refractivity contribution is 5.80. The Morgan fingerprint density at radius 2 is 1.96 bits per heavy atom. The molecular weight excluding hydrogens is 306 g/mol. The number of guanidine groups is 1. The molecule has 2 heterocycles. The van der Waals surface area contributed by atoms with Crippen molar-refractivity contribution in [3.8, 4) is 0 Å². The number of rotatable bonds is 5. The second-order valence-electron chi connectivity index (χ2n) is 6.74. The number of carbonyl (C=O) groups excluding carboxylic acids is 1. The van der Waals surface area contributed by atoms with Gasteiger partial charge in [-0.15, -0.1) is 0 Å². The second kappa shape index (κ2) is 9.71. The Morgan fingerprint density at radius 3 is 2.54 bits per heavy atom. The van der Waals surface area contributed by atoms with Gasteiger partial charge in [0, 0.05) is 38.8 Å².